The zero-order valence-electron chi connectivity index (χ0n) is 11.0. The first-order chi connectivity index (χ1) is 8.81. The van der Waals surface area contributed by atoms with Gasteiger partial charge in [-0.15, -0.1) is 0 Å². The third-order valence-electron chi connectivity index (χ3n) is 3.86. The summed E-state index contributed by atoms with van der Waals surface area (Å²) in [5.74, 6) is 1.11. The van der Waals surface area contributed by atoms with Gasteiger partial charge in [-0.05, 0) is 43.3 Å². The van der Waals surface area contributed by atoms with Gasteiger partial charge in [-0.3, -0.25) is 4.79 Å². The van der Waals surface area contributed by atoms with Crippen LogP contribution in [0.15, 0.2) is 30.3 Å². The molecule has 0 aromatic heterocycles. The van der Waals surface area contributed by atoms with Crippen molar-refractivity contribution in [2.24, 2.45) is 5.92 Å². The van der Waals surface area contributed by atoms with Crippen LogP contribution in [0.5, 0.6) is 0 Å². The molecule has 2 rings (SSSR count). The van der Waals surface area contributed by atoms with Gasteiger partial charge in [0, 0.05) is 13.5 Å². The van der Waals surface area contributed by atoms with E-state index in [1.54, 1.807) is 7.05 Å². The van der Waals surface area contributed by atoms with Gasteiger partial charge in [0.05, 0.1) is 0 Å². The first kappa shape index (κ1) is 13.1. The minimum atomic E-state index is 0.141. The lowest BCUT2D eigenvalue weighted by Gasteiger charge is -2.30. The van der Waals surface area contributed by atoms with Crippen molar-refractivity contribution in [2.75, 3.05) is 20.1 Å². The van der Waals surface area contributed by atoms with E-state index in [1.807, 2.05) is 6.07 Å². The third kappa shape index (κ3) is 3.33. The zero-order valence-corrected chi connectivity index (χ0v) is 11.0. The zero-order chi connectivity index (χ0) is 12.8. The van der Waals surface area contributed by atoms with E-state index in [2.05, 4.69) is 34.9 Å². The Morgan fingerprint density at radius 2 is 2.00 bits per heavy atom. The average Bonchev–Trinajstić information content (AvgIpc) is 2.46. The molecule has 1 aromatic rings. The second kappa shape index (κ2) is 6.55. The topological polar surface area (TPSA) is 41.1 Å². The summed E-state index contributed by atoms with van der Waals surface area (Å²) < 4.78 is 0. The normalized spacial score (nSPS) is 18.3. The molecular weight excluding hydrogens is 224 g/mol. The van der Waals surface area contributed by atoms with Gasteiger partial charge in [0.1, 0.15) is 0 Å². The van der Waals surface area contributed by atoms with Gasteiger partial charge in [-0.1, -0.05) is 30.3 Å². The fraction of sp³-hybridized carbons (Fsp3) is 0.533. The SMILES string of the molecule is CNC(=O)C[C@H](c1ccccc1)C1CCNCC1. The summed E-state index contributed by atoms with van der Waals surface area (Å²) in [4.78, 5) is 11.7. The molecule has 0 radical (unpaired) electrons. The maximum Gasteiger partial charge on any atom is 0.220 e. The molecular formula is C15H22N2O. The number of piperidine rings is 1. The van der Waals surface area contributed by atoms with E-state index in [9.17, 15) is 4.79 Å². The van der Waals surface area contributed by atoms with Gasteiger partial charge >= 0.3 is 0 Å². The highest BCUT2D eigenvalue weighted by Gasteiger charge is 2.26. The van der Waals surface area contributed by atoms with Gasteiger partial charge in [-0.2, -0.15) is 0 Å². The highest BCUT2D eigenvalue weighted by Crippen LogP contribution is 2.33. The van der Waals surface area contributed by atoms with Crippen molar-refractivity contribution in [3.63, 3.8) is 0 Å². The second-order valence-electron chi connectivity index (χ2n) is 4.98. The Kier molecular flexibility index (Phi) is 4.76. The molecule has 2 N–H and O–H groups in total. The maximum atomic E-state index is 11.7. The summed E-state index contributed by atoms with van der Waals surface area (Å²) in [6.07, 6.45) is 2.93. The Morgan fingerprint density at radius 1 is 1.33 bits per heavy atom. The number of nitrogens with one attached hydrogen (secondary N) is 2. The molecule has 1 saturated heterocycles. The molecule has 1 heterocycles. The first-order valence-electron chi connectivity index (χ1n) is 6.77. The summed E-state index contributed by atoms with van der Waals surface area (Å²) in [7, 11) is 1.72. The molecule has 18 heavy (non-hydrogen) atoms. The lowest BCUT2D eigenvalue weighted by atomic mass is 9.78. The Bertz CT molecular complexity index is 371. The quantitative estimate of drug-likeness (QED) is 0.852. The number of carbonyl (C=O) groups excluding carboxylic acids is 1. The van der Waals surface area contributed by atoms with Crippen LogP contribution in [0.4, 0.5) is 0 Å². The molecule has 1 aliphatic heterocycles. The van der Waals surface area contributed by atoms with E-state index in [0.29, 0.717) is 18.3 Å². The number of hydrogen-bond acceptors (Lipinski definition) is 2. The summed E-state index contributed by atoms with van der Waals surface area (Å²) >= 11 is 0. The summed E-state index contributed by atoms with van der Waals surface area (Å²) in [6, 6.07) is 10.5. The molecule has 1 fully saturated rings. The van der Waals surface area contributed by atoms with Gasteiger partial charge in [0.15, 0.2) is 0 Å². The van der Waals surface area contributed by atoms with Crippen molar-refractivity contribution in [3.05, 3.63) is 35.9 Å². The Morgan fingerprint density at radius 3 is 2.61 bits per heavy atom. The maximum absolute atomic E-state index is 11.7. The standard InChI is InChI=1S/C15H22N2O/c1-16-15(18)11-14(12-5-3-2-4-6-12)13-7-9-17-10-8-13/h2-6,13-14,17H,7-11H2,1H3,(H,16,18)/t14-/m1/s1. The van der Waals surface area contributed by atoms with Gasteiger partial charge < -0.3 is 10.6 Å². The number of benzene rings is 1. The fourth-order valence-corrected chi connectivity index (χ4v) is 2.81. The Balaban J connectivity index is 2.14. The van der Waals surface area contributed by atoms with Crippen LogP contribution >= 0.6 is 0 Å². The van der Waals surface area contributed by atoms with E-state index >= 15 is 0 Å². The molecule has 1 aromatic carbocycles. The molecule has 0 aliphatic carbocycles. The monoisotopic (exact) mass is 246 g/mol. The van der Waals surface area contributed by atoms with Crippen LogP contribution in [0.25, 0.3) is 0 Å². The number of amides is 1. The highest BCUT2D eigenvalue weighted by molar-refractivity contribution is 5.76. The van der Waals surface area contributed by atoms with Crippen LogP contribution in [0.1, 0.15) is 30.7 Å². The molecule has 98 valence electrons. The van der Waals surface area contributed by atoms with Crippen LogP contribution < -0.4 is 10.6 Å². The molecule has 0 saturated carbocycles. The van der Waals surface area contributed by atoms with Crippen LogP contribution in [-0.4, -0.2) is 26.0 Å². The van der Waals surface area contributed by atoms with Crippen molar-refractivity contribution in [1.29, 1.82) is 0 Å². The van der Waals surface area contributed by atoms with Crippen molar-refractivity contribution < 1.29 is 4.79 Å². The van der Waals surface area contributed by atoms with Crippen LogP contribution in [0, 0.1) is 5.92 Å². The van der Waals surface area contributed by atoms with Crippen LogP contribution in [-0.2, 0) is 4.79 Å². The predicted molar refractivity (Wildman–Crippen MR) is 73.5 cm³/mol. The summed E-state index contributed by atoms with van der Waals surface area (Å²) in [5.41, 5.74) is 1.30. The number of rotatable bonds is 4. The molecule has 1 aliphatic rings. The van der Waals surface area contributed by atoms with Crippen molar-refractivity contribution in [2.45, 2.75) is 25.2 Å². The predicted octanol–water partition coefficient (Wildman–Crippen LogP) is 1.91. The first-order valence-corrected chi connectivity index (χ1v) is 6.77. The minimum Gasteiger partial charge on any atom is -0.359 e. The van der Waals surface area contributed by atoms with Gasteiger partial charge in [-0.25, -0.2) is 0 Å². The molecule has 0 unspecified atom stereocenters. The molecule has 0 spiro atoms. The highest BCUT2D eigenvalue weighted by atomic mass is 16.1. The van der Waals surface area contributed by atoms with E-state index in [0.717, 1.165) is 25.9 Å². The van der Waals surface area contributed by atoms with E-state index in [4.69, 9.17) is 0 Å². The Labute approximate surface area is 109 Å². The van der Waals surface area contributed by atoms with E-state index in [-0.39, 0.29) is 5.91 Å². The van der Waals surface area contributed by atoms with Crippen LogP contribution in [0.2, 0.25) is 0 Å². The Hall–Kier alpha value is -1.35. The smallest absolute Gasteiger partial charge is 0.220 e. The minimum absolute atomic E-state index is 0.141. The molecule has 3 heteroatoms. The van der Waals surface area contributed by atoms with Gasteiger partial charge in [0.2, 0.25) is 5.91 Å². The van der Waals surface area contributed by atoms with Crippen LogP contribution in [0.3, 0.4) is 0 Å². The van der Waals surface area contributed by atoms with Crippen molar-refractivity contribution >= 4 is 5.91 Å². The van der Waals surface area contributed by atoms with E-state index in [1.165, 1.54) is 5.56 Å². The average molecular weight is 246 g/mol. The molecule has 0 bridgehead atoms. The fourth-order valence-electron chi connectivity index (χ4n) is 2.81. The lowest BCUT2D eigenvalue weighted by molar-refractivity contribution is -0.121. The summed E-state index contributed by atoms with van der Waals surface area (Å²) in [5, 5.41) is 6.14. The lowest BCUT2D eigenvalue weighted by Crippen LogP contribution is -2.33. The van der Waals surface area contributed by atoms with E-state index < -0.39 is 0 Å². The summed E-state index contributed by atoms with van der Waals surface area (Å²) in [6.45, 7) is 2.14. The molecule has 3 nitrogen and oxygen atoms in total. The van der Waals surface area contributed by atoms with Crippen molar-refractivity contribution in [3.8, 4) is 0 Å². The number of carbonyl (C=O) groups is 1. The third-order valence-corrected chi connectivity index (χ3v) is 3.86. The van der Waals surface area contributed by atoms with Crippen molar-refractivity contribution in [1.82, 2.24) is 10.6 Å². The number of hydrogen-bond donors (Lipinski definition) is 2. The van der Waals surface area contributed by atoms with Gasteiger partial charge in [0.25, 0.3) is 0 Å². The molecule has 1 atom stereocenters. The largest absolute Gasteiger partial charge is 0.359 e. The second-order valence-corrected chi connectivity index (χ2v) is 4.98. The molecule has 1 amide bonds.